The highest BCUT2D eigenvalue weighted by Gasteiger charge is 2.21. The lowest BCUT2D eigenvalue weighted by molar-refractivity contribution is 0.268. The van der Waals surface area contributed by atoms with E-state index in [9.17, 15) is 0 Å². The van der Waals surface area contributed by atoms with Crippen molar-refractivity contribution in [3.05, 3.63) is 12.2 Å². The Morgan fingerprint density at radius 1 is 1.08 bits per heavy atom. The molecule has 0 saturated carbocycles. The van der Waals surface area contributed by atoms with Crippen LogP contribution < -0.4 is 0 Å². The average Bonchev–Trinajstić information content (AvgIpc) is 1.81. The van der Waals surface area contributed by atoms with Crippen LogP contribution in [0.25, 0.3) is 0 Å². The topological polar surface area (TPSA) is 0 Å². The smallest absolute Gasteiger partial charge is 0.0185 e. The molecule has 0 aromatic carbocycles. The summed E-state index contributed by atoms with van der Waals surface area (Å²) in [5, 5.41) is 0. The van der Waals surface area contributed by atoms with Crippen molar-refractivity contribution >= 4 is 0 Å². The molecule has 0 nitrogen and oxygen atoms in total. The van der Waals surface area contributed by atoms with Gasteiger partial charge in [0, 0.05) is 0 Å². The van der Waals surface area contributed by atoms with E-state index >= 15 is 0 Å². The van der Waals surface area contributed by atoms with Crippen LogP contribution in [0.15, 0.2) is 12.2 Å². The summed E-state index contributed by atoms with van der Waals surface area (Å²) in [6.45, 7) is 7.05. The van der Waals surface area contributed by atoms with Crippen LogP contribution in [-0.2, 0) is 0 Å². The maximum atomic E-state index is 2.44. The highest BCUT2D eigenvalue weighted by molar-refractivity contribution is 4.94. The van der Waals surface area contributed by atoms with Crippen molar-refractivity contribution in [1.82, 2.24) is 0 Å². The summed E-state index contributed by atoms with van der Waals surface area (Å²) in [6.07, 6.45) is 11.8. The summed E-state index contributed by atoms with van der Waals surface area (Å²) in [4.78, 5) is 0. The largest absolute Gasteiger partial charge is 0.0882 e. The zero-order valence-corrected chi connectivity index (χ0v) is 8.77. The Morgan fingerprint density at radius 2 is 1.77 bits per heavy atom. The molecule has 0 saturated heterocycles. The zero-order chi connectivity index (χ0) is 9.03. The molecule has 1 atom stereocenters. The molecular weight excluding hydrogens is 156 g/mol. The van der Waals surface area contributed by atoms with Crippen LogP contribution in [-0.4, -0.2) is 0 Å². The monoisotopic (exact) mass is 182 g/mol. The van der Waals surface area contributed by atoms with E-state index in [1.54, 1.807) is 0 Å². The fourth-order valence-corrected chi connectivity index (χ4v) is 1.88. The molecule has 0 N–H and O–H groups in total. The highest BCUT2D eigenvalue weighted by Crippen LogP contribution is 2.32. The van der Waals surface area contributed by atoms with E-state index in [2.05, 4.69) is 32.9 Å². The second-order valence-electron chi connectivity index (χ2n) is 5.04. The molecule has 78 valence electrons. The molecule has 0 aromatic heterocycles. The molecule has 0 amide bonds. The van der Waals surface area contributed by atoms with Crippen LogP contribution in [0.5, 0.6) is 0 Å². The van der Waals surface area contributed by atoms with Crippen molar-refractivity contribution in [3.8, 4) is 0 Å². The second-order valence-corrected chi connectivity index (χ2v) is 5.04. The summed E-state index contributed by atoms with van der Waals surface area (Å²) in [5.74, 6) is 0.804. The third-order valence-corrected chi connectivity index (χ3v) is 2.87. The normalized spacial score (nSPS) is 26.8. The molecule has 0 aliphatic heterocycles. The quantitative estimate of drug-likeness (QED) is 0.472. The standard InChI is InChI=1S/C12H22.CH4/c1-12(2,3)11-9-7-5-4-6-8-10-11;/h7,9,11H,4-6,8,10H2,1-3H3;1H4/b9-7+;. The SMILES string of the molecule is C.CC(C)(C)C1/C=C/CCCCC1. The summed E-state index contributed by atoms with van der Waals surface area (Å²) in [6, 6.07) is 0. The molecule has 0 heteroatoms. The first-order valence-corrected chi connectivity index (χ1v) is 5.27. The summed E-state index contributed by atoms with van der Waals surface area (Å²) in [7, 11) is 0. The lowest BCUT2D eigenvalue weighted by Crippen LogP contribution is -2.18. The molecule has 1 rings (SSSR count). The predicted octanol–water partition coefficient (Wildman–Crippen LogP) is 4.81. The van der Waals surface area contributed by atoms with Gasteiger partial charge in [-0.25, -0.2) is 0 Å². The van der Waals surface area contributed by atoms with Gasteiger partial charge < -0.3 is 0 Å². The third-order valence-electron chi connectivity index (χ3n) is 2.87. The minimum atomic E-state index is 0. The second kappa shape index (κ2) is 5.47. The Kier molecular flexibility index (Phi) is 5.36. The van der Waals surface area contributed by atoms with Crippen LogP contribution in [0.2, 0.25) is 0 Å². The number of hydrogen-bond donors (Lipinski definition) is 0. The van der Waals surface area contributed by atoms with Crippen LogP contribution in [0.1, 0.15) is 60.3 Å². The van der Waals surface area contributed by atoms with Gasteiger partial charge in [0.2, 0.25) is 0 Å². The van der Waals surface area contributed by atoms with Gasteiger partial charge in [0.25, 0.3) is 0 Å². The third kappa shape index (κ3) is 4.50. The molecule has 0 heterocycles. The number of allylic oxidation sites excluding steroid dienone is 2. The highest BCUT2D eigenvalue weighted by atomic mass is 14.3. The van der Waals surface area contributed by atoms with Gasteiger partial charge in [-0.1, -0.05) is 53.2 Å². The van der Waals surface area contributed by atoms with E-state index in [-0.39, 0.29) is 7.43 Å². The lowest BCUT2D eigenvalue weighted by atomic mass is 9.77. The van der Waals surface area contributed by atoms with Crippen LogP contribution in [0.4, 0.5) is 0 Å². The fourth-order valence-electron chi connectivity index (χ4n) is 1.88. The molecule has 13 heavy (non-hydrogen) atoms. The summed E-state index contributed by atoms with van der Waals surface area (Å²) < 4.78 is 0. The fraction of sp³-hybridized carbons (Fsp3) is 0.846. The van der Waals surface area contributed by atoms with Crippen molar-refractivity contribution in [2.24, 2.45) is 11.3 Å². The Morgan fingerprint density at radius 3 is 2.38 bits per heavy atom. The Hall–Kier alpha value is -0.260. The van der Waals surface area contributed by atoms with Gasteiger partial charge in [-0.15, -0.1) is 0 Å². The van der Waals surface area contributed by atoms with Crippen LogP contribution in [0, 0.1) is 11.3 Å². The lowest BCUT2D eigenvalue weighted by Gasteiger charge is -2.29. The predicted molar refractivity (Wildman–Crippen MR) is 61.9 cm³/mol. The van der Waals surface area contributed by atoms with Gasteiger partial charge in [-0.2, -0.15) is 0 Å². The maximum absolute atomic E-state index is 2.44. The van der Waals surface area contributed by atoms with Crippen LogP contribution >= 0.6 is 0 Å². The van der Waals surface area contributed by atoms with Gasteiger partial charge in [-0.05, 0) is 30.6 Å². The summed E-state index contributed by atoms with van der Waals surface area (Å²) in [5.41, 5.74) is 0.466. The molecule has 0 aromatic rings. The van der Waals surface area contributed by atoms with Crippen molar-refractivity contribution in [2.75, 3.05) is 0 Å². The number of rotatable bonds is 0. The van der Waals surface area contributed by atoms with E-state index in [1.165, 1.54) is 32.1 Å². The van der Waals surface area contributed by atoms with Crippen molar-refractivity contribution in [3.63, 3.8) is 0 Å². The Bertz CT molecular complexity index is 148. The van der Waals surface area contributed by atoms with E-state index in [1.807, 2.05) is 0 Å². The zero-order valence-electron chi connectivity index (χ0n) is 8.77. The average molecular weight is 182 g/mol. The van der Waals surface area contributed by atoms with Gasteiger partial charge in [0.15, 0.2) is 0 Å². The molecule has 1 aliphatic carbocycles. The molecule has 1 aliphatic rings. The van der Waals surface area contributed by atoms with Gasteiger partial charge in [0.1, 0.15) is 0 Å². The van der Waals surface area contributed by atoms with Crippen molar-refractivity contribution in [2.45, 2.75) is 60.3 Å². The maximum Gasteiger partial charge on any atom is -0.0185 e. The van der Waals surface area contributed by atoms with Gasteiger partial charge in [0.05, 0.1) is 0 Å². The van der Waals surface area contributed by atoms with Crippen LogP contribution in [0.3, 0.4) is 0 Å². The first-order valence-electron chi connectivity index (χ1n) is 5.27. The van der Waals surface area contributed by atoms with E-state index in [0.29, 0.717) is 5.41 Å². The van der Waals surface area contributed by atoms with Gasteiger partial charge in [-0.3, -0.25) is 0 Å². The first kappa shape index (κ1) is 12.7. The summed E-state index contributed by atoms with van der Waals surface area (Å²) >= 11 is 0. The molecule has 0 bridgehead atoms. The molecule has 0 spiro atoms. The molecule has 1 unspecified atom stereocenters. The van der Waals surface area contributed by atoms with Gasteiger partial charge >= 0.3 is 0 Å². The van der Waals surface area contributed by atoms with E-state index in [0.717, 1.165) is 5.92 Å². The first-order chi connectivity index (χ1) is 5.61. The Labute approximate surface area is 84.4 Å². The minimum absolute atomic E-state index is 0. The molecule has 0 fully saturated rings. The van der Waals surface area contributed by atoms with Crippen molar-refractivity contribution in [1.29, 1.82) is 0 Å². The minimum Gasteiger partial charge on any atom is -0.0882 e. The van der Waals surface area contributed by atoms with Crippen molar-refractivity contribution < 1.29 is 0 Å². The molecular formula is C13H26. The van der Waals surface area contributed by atoms with E-state index in [4.69, 9.17) is 0 Å². The van der Waals surface area contributed by atoms with E-state index < -0.39 is 0 Å². The molecule has 0 radical (unpaired) electrons. The number of hydrogen-bond acceptors (Lipinski definition) is 0. The Balaban J connectivity index is 0.00000144.